The van der Waals surface area contributed by atoms with Crippen LogP contribution >= 0.6 is 0 Å². The summed E-state index contributed by atoms with van der Waals surface area (Å²) < 4.78 is 43.3. The van der Waals surface area contributed by atoms with Gasteiger partial charge in [-0.05, 0) is 18.9 Å². The number of likely N-dealkylation sites (tertiary alicyclic amines) is 1. The number of alkyl halides is 3. The number of methoxy groups -OCH3 is 1. The number of halogens is 3. The lowest BCUT2D eigenvalue weighted by Crippen LogP contribution is -2.67. The van der Waals surface area contributed by atoms with E-state index in [-0.39, 0.29) is 38.4 Å². The normalized spacial score (nSPS) is 17.3. The summed E-state index contributed by atoms with van der Waals surface area (Å²) in [5.41, 5.74) is -0.213. The highest BCUT2D eigenvalue weighted by molar-refractivity contribution is 5.88. The Balaban J connectivity index is 2.11. The number of nitrogens with zero attached hydrogens (tertiary/aromatic N) is 1. The molecule has 0 saturated carbocycles. The third kappa shape index (κ3) is 4.75. The average Bonchev–Trinajstić information content (AvgIpc) is 2.55. The van der Waals surface area contributed by atoms with Crippen molar-refractivity contribution >= 4 is 11.8 Å². The van der Waals surface area contributed by atoms with E-state index in [9.17, 15) is 22.8 Å². The predicted octanol–water partition coefficient (Wildman–Crippen LogP) is 2.16. The summed E-state index contributed by atoms with van der Waals surface area (Å²) in [4.78, 5) is 26.2. The molecule has 0 aromatic heterocycles. The Morgan fingerprint density at radius 2 is 1.88 bits per heavy atom. The molecule has 26 heavy (non-hydrogen) atoms. The van der Waals surface area contributed by atoms with E-state index in [1.54, 1.807) is 12.1 Å². The highest BCUT2D eigenvalue weighted by Crippen LogP contribution is 2.36. The molecule has 5 nitrogen and oxygen atoms in total. The first-order valence-electron chi connectivity index (χ1n) is 8.36. The standard InChI is InChI=1S/C18H23F3N2O3/c1-13(18(19,20)21)22-16(25)17(10-14-6-4-3-5-7-14)11-23(12-17)15(24)8-9-26-2/h3-7,13H,8-12H2,1-2H3,(H,22,25). The molecule has 0 radical (unpaired) electrons. The monoisotopic (exact) mass is 372 g/mol. The first kappa shape index (κ1) is 20.2. The molecule has 1 aliphatic heterocycles. The van der Waals surface area contributed by atoms with E-state index in [1.165, 1.54) is 12.0 Å². The van der Waals surface area contributed by atoms with Crippen LogP contribution in [0.15, 0.2) is 30.3 Å². The molecule has 1 heterocycles. The first-order valence-corrected chi connectivity index (χ1v) is 8.36. The van der Waals surface area contributed by atoms with E-state index in [2.05, 4.69) is 5.32 Å². The topological polar surface area (TPSA) is 58.6 Å². The van der Waals surface area contributed by atoms with Gasteiger partial charge in [0.25, 0.3) is 0 Å². The molecule has 1 fully saturated rings. The van der Waals surface area contributed by atoms with Gasteiger partial charge in [-0.15, -0.1) is 0 Å². The van der Waals surface area contributed by atoms with Crippen molar-refractivity contribution in [3.63, 3.8) is 0 Å². The summed E-state index contributed by atoms with van der Waals surface area (Å²) in [5, 5.41) is 2.06. The van der Waals surface area contributed by atoms with Crippen molar-refractivity contribution in [2.75, 3.05) is 26.8 Å². The molecule has 1 aromatic rings. The Kier molecular flexibility index (Phi) is 6.28. The third-order valence-corrected chi connectivity index (χ3v) is 4.57. The van der Waals surface area contributed by atoms with Gasteiger partial charge >= 0.3 is 6.18 Å². The first-order chi connectivity index (χ1) is 12.2. The predicted molar refractivity (Wildman–Crippen MR) is 89.3 cm³/mol. The van der Waals surface area contributed by atoms with Crippen LogP contribution in [0.1, 0.15) is 18.9 Å². The van der Waals surface area contributed by atoms with Crippen LogP contribution in [0.4, 0.5) is 13.2 Å². The summed E-state index contributed by atoms with van der Waals surface area (Å²) in [6.45, 7) is 1.37. The molecule has 2 amide bonds. The van der Waals surface area contributed by atoms with Crippen LogP contribution in [0.2, 0.25) is 0 Å². The molecule has 1 atom stereocenters. The number of hydrogen-bond donors (Lipinski definition) is 1. The van der Waals surface area contributed by atoms with Crippen LogP contribution in [0.25, 0.3) is 0 Å². The van der Waals surface area contributed by atoms with Crippen molar-refractivity contribution in [1.82, 2.24) is 10.2 Å². The van der Waals surface area contributed by atoms with Crippen LogP contribution in [-0.2, 0) is 20.7 Å². The lowest BCUT2D eigenvalue weighted by Gasteiger charge is -2.49. The molecule has 1 N–H and O–H groups in total. The summed E-state index contributed by atoms with van der Waals surface area (Å²) >= 11 is 0. The van der Waals surface area contributed by atoms with Gasteiger partial charge in [-0.25, -0.2) is 0 Å². The van der Waals surface area contributed by atoms with Crippen molar-refractivity contribution in [3.05, 3.63) is 35.9 Å². The van der Waals surface area contributed by atoms with Gasteiger partial charge < -0.3 is 15.0 Å². The van der Waals surface area contributed by atoms with Crippen molar-refractivity contribution < 1.29 is 27.5 Å². The number of carbonyl (C=O) groups is 2. The lowest BCUT2D eigenvalue weighted by molar-refractivity contribution is -0.169. The fourth-order valence-electron chi connectivity index (χ4n) is 2.96. The Hall–Kier alpha value is -2.09. The number of hydrogen-bond acceptors (Lipinski definition) is 3. The lowest BCUT2D eigenvalue weighted by atomic mass is 9.73. The van der Waals surface area contributed by atoms with E-state index in [4.69, 9.17) is 4.74 Å². The minimum absolute atomic E-state index is 0.0981. The second-order valence-electron chi connectivity index (χ2n) is 6.67. The van der Waals surface area contributed by atoms with Crippen molar-refractivity contribution in [2.45, 2.75) is 32.0 Å². The molecule has 1 aliphatic rings. The quantitative estimate of drug-likeness (QED) is 0.798. The van der Waals surface area contributed by atoms with Crippen molar-refractivity contribution in [1.29, 1.82) is 0 Å². The Bertz CT molecular complexity index is 628. The molecule has 144 valence electrons. The van der Waals surface area contributed by atoms with Crippen LogP contribution in [-0.4, -0.2) is 55.7 Å². The molecular weight excluding hydrogens is 349 g/mol. The number of benzene rings is 1. The summed E-state index contributed by atoms with van der Waals surface area (Å²) in [6, 6.07) is 7.12. The third-order valence-electron chi connectivity index (χ3n) is 4.57. The molecule has 8 heteroatoms. The highest BCUT2D eigenvalue weighted by Gasteiger charge is 2.52. The smallest absolute Gasteiger partial charge is 0.384 e. The molecule has 1 unspecified atom stereocenters. The van der Waals surface area contributed by atoms with E-state index in [1.807, 2.05) is 18.2 Å². The SMILES string of the molecule is COCCC(=O)N1CC(Cc2ccccc2)(C(=O)NC(C)C(F)(F)F)C1. The molecule has 0 spiro atoms. The minimum Gasteiger partial charge on any atom is -0.384 e. The van der Waals surface area contributed by atoms with Gasteiger partial charge in [0.15, 0.2) is 0 Å². The highest BCUT2D eigenvalue weighted by atomic mass is 19.4. The second-order valence-corrected chi connectivity index (χ2v) is 6.67. The molecule has 1 saturated heterocycles. The maximum absolute atomic E-state index is 12.8. The number of ether oxygens (including phenoxy) is 1. The maximum atomic E-state index is 12.8. The van der Waals surface area contributed by atoms with Gasteiger partial charge in [-0.1, -0.05) is 30.3 Å². The number of nitrogens with one attached hydrogen (secondary N) is 1. The van der Waals surface area contributed by atoms with E-state index in [0.717, 1.165) is 12.5 Å². The Labute approximate surface area is 150 Å². The fraction of sp³-hybridized carbons (Fsp3) is 0.556. The van der Waals surface area contributed by atoms with Gasteiger partial charge in [0.1, 0.15) is 6.04 Å². The molecule has 1 aromatic carbocycles. The van der Waals surface area contributed by atoms with E-state index < -0.39 is 23.5 Å². The maximum Gasteiger partial charge on any atom is 0.408 e. The zero-order chi connectivity index (χ0) is 19.4. The summed E-state index contributed by atoms with van der Waals surface area (Å²) in [7, 11) is 1.48. The fourth-order valence-corrected chi connectivity index (χ4v) is 2.96. The molecule has 0 aliphatic carbocycles. The van der Waals surface area contributed by atoms with Gasteiger partial charge in [0.05, 0.1) is 18.4 Å². The second kappa shape index (κ2) is 8.07. The van der Waals surface area contributed by atoms with E-state index in [0.29, 0.717) is 0 Å². The van der Waals surface area contributed by atoms with Crippen LogP contribution in [0, 0.1) is 5.41 Å². The van der Waals surface area contributed by atoms with Crippen LogP contribution in [0.3, 0.4) is 0 Å². The number of amides is 2. The average molecular weight is 372 g/mol. The Morgan fingerprint density at radius 1 is 1.27 bits per heavy atom. The zero-order valence-corrected chi connectivity index (χ0v) is 14.8. The van der Waals surface area contributed by atoms with Crippen LogP contribution < -0.4 is 5.32 Å². The molecular formula is C18H23F3N2O3. The van der Waals surface area contributed by atoms with Crippen molar-refractivity contribution in [3.8, 4) is 0 Å². The van der Waals surface area contributed by atoms with Crippen LogP contribution in [0.5, 0.6) is 0 Å². The molecule has 0 bridgehead atoms. The molecule has 2 rings (SSSR count). The number of rotatable bonds is 7. The summed E-state index contributed by atoms with van der Waals surface area (Å²) in [6.07, 6.45) is -4.06. The number of carbonyl (C=O) groups excluding carboxylic acids is 2. The van der Waals surface area contributed by atoms with Gasteiger partial charge in [-0.3, -0.25) is 9.59 Å². The van der Waals surface area contributed by atoms with Gasteiger partial charge in [0, 0.05) is 20.2 Å². The minimum atomic E-state index is -4.51. The van der Waals surface area contributed by atoms with E-state index >= 15 is 0 Å². The van der Waals surface area contributed by atoms with Gasteiger partial charge in [0.2, 0.25) is 11.8 Å². The van der Waals surface area contributed by atoms with Crippen molar-refractivity contribution in [2.24, 2.45) is 5.41 Å². The zero-order valence-electron chi connectivity index (χ0n) is 14.8. The Morgan fingerprint density at radius 3 is 2.42 bits per heavy atom. The largest absolute Gasteiger partial charge is 0.408 e. The summed E-state index contributed by atoms with van der Waals surface area (Å²) in [5.74, 6) is -0.853. The van der Waals surface area contributed by atoms with Gasteiger partial charge in [-0.2, -0.15) is 13.2 Å².